The number of nitrogens with two attached hydrogens (primary N) is 1. The van der Waals surface area contributed by atoms with Gasteiger partial charge in [-0.15, -0.1) is 0 Å². The van der Waals surface area contributed by atoms with Crippen molar-refractivity contribution in [3.05, 3.63) is 24.3 Å². The predicted molar refractivity (Wildman–Crippen MR) is 78.7 cm³/mol. The molecule has 4 N–H and O–H groups in total. The molecule has 0 radical (unpaired) electrons. The lowest BCUT2D eigenvalue weighted by atomic mass is 9.95. The van der Waals surface area contributed by atoms with E-state index >= 15 is 0 Å². The molecule has 5 nitrogen and oxygen atoms in total. The first-order valence-electron chi connectivity index (χ1n) is 7.00. The highest BCUT2D eigenvalue weighted by Crippen LogP contribution is 2.27. The highest BCUT2D eigenvalue weighted by Gasteiger charge is 2.30. The number of nitrogen functional groups attached to an aromatic ring is 1. The van der Waals surface area contributed by atoms with E-state index < -0.39 is 15.6 Å². The van der Waals surface area contributed by atoms with Crippen molar-refractivity contribution in [2.75, 3.05) is 12.3 Å². The summed E-state index contributed by atoms with van der Waals surface area (Å²) < 4.78 is 26.9. The maximum Gasteiger partial charge on any atom is 0.242 e. The average Bonchev–Trinajstić information content (AvgIpc) is 2.63. The van der Waals surface area contributed by atoms with Crippen molar-refractivity contribution in [3.8, 4) is 0 Å². The Morgan fingerprint density at radius 2 is 1.75 bits per heavy atom. The predicted octanol–water partition coefficient (Wildman–Crippen LogP) is 1.63. The van der Waals surface area contributed by atoms with Crippen LogP contribution in [0.25, 0.3) is 0 Å². The van der Waals surface area contributed by atoms with Gasteiger partial charge in [-0.25, -0.2) is 13.1 Å². The minimum absolute atomic E-state index is 0.0453. The van der Waals surface area contributed by atoms with E-state index in [1.165, 1.54) is 6.07 Å². The molecule has 112 valence electrons. The van der Waals surface area contributed by atoms with E-state index in [0.717, 1.165) is 25.7 Å². The zero-order valence-corrected chi connectivity index (χ0v) is 12.3. The largest absolute Gasteiger partial charge is 0.398 e. The minimum atomic E-state index is -3.68. The fourth-order valence-electron chi connectivity index (χ4n) is 2.60. The van der Waals surface area contributed by atoms with Crippen LogP contribution in [0.15, 0.2) is 29.2 Å². The summed E-state index contributed by atoms with van der Waals surface area (Å²) in [5.41, 5.74) is 4.97. The molecule has 1 aliphatic rings. The standard InChI is InChI=1S/C14H22N2O3S/c15-12-7-3-4-8-13(12)20(18,19)16-11-14(17)9-5-1-2-6-10-14/h3-4,7-8,16-17H,1-2,5-6,9-11,15H2. The van der Waals surface area contributed by atoms with Crippen molar-refractivity contribution in [1.29, 1.82) is 0 Å². The summed E-state index contributed by atoms with van der Waals surface area (Å²) in [5, 5.41) is 10.5. The number of sulfonamides is 1. The second kappa shape index (κ2) is 6.11. The van der Waals surface area contributed by atoms with E-state index in [4.69, 9.17) is 5.73 Å². The maximum absolute atomic E-state index is 12.2. The summed E-state index contributed by atoms with van der Waals surface area (Å²) in [6, 6.07) is 6.34. The van der Waals surface area contributed by atoms with Crippen molar-refractivity contribution in [1.82, 2.24) is 4.72 Å². The molecule has 1 saturated carbocycles. The Morgan fingerprint density at radius 1 is 1.15 bits per heavy atom. The fourth-order valence-corrected chi connectivity index (χ4v) is 3.85. The molecule has 0 saturated heterocycles. The lowest BCUT2D eigenvalue weighted by Gasteiger charge is -2.26. The van der Waals surface area contributed by atoms with E-state index in [0.29, 0.717) is 12.8 Å². The van der Waals surface area contributed by atoms with E-state index in [2.05, 4.69) is 4.72 Å². The number of aliphatic hydroxyl groups is 1. The molecule has 0 heterocycles. The lowest BCUT2D eigenvalue weighted by molar-refractivity contribution is 0.0303. The molecule has 0 aromatic heterocycles. The number of nitrogens with one attached hydrogen (secondary N) is 1. The van der Waals surface area contributed by atoms with Crippen molar-refractivity contribution >= 4 is 15.7 Å². The topological polar surface area (TPSA) is 92.4 Å². The van der Waals surface area contributed by atoms with Gasteiger partial charge in [-0.3, -0.25) is 0 Å². The highest BCUT2D eigenvalue weighted by atomic mass is 32.2. The molecule has 1 aromatic carbocycles. The third-order valence-electron chi connectivity index (χ3n) is 3.83. The summed E-state index contributed by atoms with van der Waals surface area (Å²) in [6.45, 7) is 0.0453. The summed E-state index contributed by atoms with van der Waals surface area (Å²) in [7, 11) is -3.68. The number of hydrogen-bond donors (Lipinski definition) is 3. The average molecular weight is 298 g/mol. The van der Waals surface area contributed by atoms with Crippen LogP contribution in [0.3, 0.4) is 0 Å². The zero-order valence-electron chi connectivity index (χ0n) is 11.5. The van der Waals surface area contributed by atoms with E-state index in [1.807, 2.05) is 0 Å². The Hall–Kier alpha value is -1.11. The van der Waals surface area contributed by atoms with Gasteiger partial charge in [-0.2, -0.15) is 0 Å². The number of rotatable bonds is 4. The number of anilines is 1. The SMILES string of the molecule is Nc1ccccc1S(=O)(=O)NCC1(O)CCCCCC1. The molecule has 1 aromatic rings. The van der Waals surface area contributed by atoms with Crippen molar-refractivity contribution in [2.24, 2.45) is 0 Å². The summed E-state index contributed by atoms with van der Waals surface area (Å²) in [4.78, 5) is 0.0669. The maximum atomic E-state index is 12.2. The Labute approximate surface area is 120 Å². The van der Waals surface area contributed by atoms with Crippen LogP contribution >= 0.6 is 0 Å². The van der Waals surface area contributed by atoms with Crippen LogP contribution < -0.4 is 10.5 Å². The van der Waals surface area contributed by atoms with E-state index in [-0.39, 0.29) is 17.1 Å². The molecule has 0 spiro atoms. The smallest absolute Gasteiger partial charge is 0.242 e. The van der Waals surface area contributed by atoms with Gasteiger partial charge in [0.1, 0.15) is 4.90 Å². The van der Waals surface area contributed by atoms with Crippen LogP contribution in [0, 0.1) is 0 Å². The molecule has 0 amide bonds. The van der Waals surface area contributed by atoms with Gasteiger partial charge < -0.3 is 10.8 Å². The van der Waals surface area contributed by atoms with Gasteiger partial charge in [0.15, 0.2) is 0 Å². The first-order chi connectivity index (χ1) is 9.43. The van der Waals surface area contributed by atoms with Gasteiger partial charge in [0.05, 0.1) is 11.3 Å². The lowest BCUT2D eigenvalue weighted by Crippen LogP contribution is -2.42. The van der Waals surface area contributed by atoms with Gasteiger partial charge in [0.25, 0.3) is 0 Å². The van der Waals surface area contributed by atoms with Crippen molar-refractivity contribution in [2.45, 2.75) is 49.0 Å². The zero-order chi connectivity index (χ0) is 14.6. The molecular formula is C14H22N2O3S. The normalized spacial score (nSPS) is 19.4. The Morgan fingerprint density at radius 3 is 2.35 bits per heavy atom. The Bertz CT molecular complexity index is 549. The van der Waals surface area contributed by atoms with Gasteiger partial charge in [0.2, 0.25) is 10.0 Å². The van der Waals surface area contributed by atoms with Gasteiger partial charge in [-0.05, 0) is 25.0 Å². The van der Waals surface area contributed by atoms with Crippen LogP contribution in [0.1, 0.15) is 38.5 Å². The second-order valence-electron chi connectivity index (χ2n) is 5.50. The Kier molecular flexibility index (Phi) is 4.67. The first-order valence-corrected chi connectivity index (χ1v) is 8.48. The molecule has 1 fully saturated rings. The van der Waals surface area contributed by atoms with Crippen LogP contribution in [0.2, 0.25) is 0 Å². The molecule has 20 heavy (non-hydrogen) atoms. The molecule has 1 aliphatic carbocycles. The summed E-state index contributed by atoms with van der Waals surface area (Å²) >= 11 is 0. The first kappa shape index (κ1) is 15.3. The van der Waals surface area contributed by atoms with Gasteiger partial charge in [0, 0.05) is 6.54 Å². The molecule has 6 heteroatoms. The van der Waals surface area contributed by atoms with Crippen LogP contribution in [0.5, 0.6) is 0 Å². The second-order valence-corrected chi connectivity index (χ2v) is 7.24. The molecule has 2 rings (SSSR count). The quantitative estimate of drug-likeness (QED) is 0.582. The van der Waals surface area contributed by atoms with E-state index in [9.17, 15) is 13.5 Å². The fraction of sp³-hybridized carbons (Fsp3) is 0.571. The van der Waals surface area contributed by atoms with Gasteiger partial charge in [-0.1, -0.05) is 37.8 Å². The molecule has 0 aliphatic heterocycles. The molecule has 0 atom stereocenters. The number of hydrogen-bond acceptors (Lipinski definition) is 4. The minimum Gasteiger partial charge on any atom is -0.398 e. The third kappa shape index (κ3) is 3.71. The molecule has 0 unspecified atom stereocenters. The van der Waals surface area contributed by atoms with Crippen LogP contribution in [-0.4, -0.2) is 25.7 Å². The van der Waals surface area contributed by atoms with Crippen LogP contribution in [0.4, 0.5) is 5.69 Å². The van der Waals surface area contributed by atoms with Crippen molar-refractivity contribution in [3.63, 3.8) is 0 Å². The number of benzene rings is 1. The number of para-hydroxylation sites is 1. The third-order valence-corrected chi connectivity index (χ3v) is 5.31. The summed E-state index contributed by atoms with van der Waals surface area (Å²) in [6.07, 6.45) is 5.35. The van der Waals surface area contributed by atoms with Crippen molar-refractivity contribution < 1.29 is 13.5 Å². The monoisotopic (exact) mass is 298 g/mol. The molecule has 0 bridgehead atoms. The Balaban J connectivity index is 2.07. The van der Waals surface area contributed by atoms with Gasteiger partial charge >= 0.3 is 0 Å². The molecular weight excluding hydrogens is 276 g/mol. The highest BCUT2D eigenvalue weighted by molar-refractivity contribution is 7.89. The summed E-state index contributed by atoms with van der Waals surface area (Å²) in [5.74, 6) is 0. The van der Waals surface area contributed by atoms with Crippen LogP contribution in [-0.2, 0) is 10.0 Å². The van der Waals surface area contributed by atoms with E-state index in [1.54, 1.807) is 18.2 Å².